The van der Waals surface area contributed by atoms with Crippen LogP contribution in [0.15, 0.2) is 88.8 Å². The van der Waals surface area contributed by atoms with Gasteiger partial charge in [0.25, 0.3) is 5.56 Å². The molecule has 0 radical (unpaired) electrons. The molecule has 1 atom stereocenters. The third-order valence-corrected chi connectivity index (χ3v) is 6.13. The SMILES string of the molecule is CC(CO)n1c(=O)n(C)c(=O)c2c(Nc3ccccc3)n(Cc3ccc(-n4cccn4)cc3)cc21. The van der Waals surface area contributed by atoms with Crippen molar-refractivity contribution >= 4 is 22.4 Å². The molecule has 0 amide bonds. The Hall–Kier alpha value is -4.37. The number of aliphatic hydroxyl groups excluding tert-OH is 1. The van der Waals surface area contributed by atoms with Gasteiger partial charge in [-0.25, -0.2) is 9.48 Å². The number of benzene rings is 2. The van der Waals surface area contributed by atoms with Crippen LogP contribution in [0.2, 0.25) is 0 Å². The zero-order valence-electron chi connectivity index (χ0n) is 19.5. The summed E-state index contributed by atoms with van der Waals surface area (Å²) in [6.07, 6.45) is 5.41. The molecule has 3 aromatic heterocycles. The molecule has 9 nitrogen and oxygen atoms in total. The minimum absolute atomic E-state index is 0.227. The molecule has 9 heteroatoms. The van der Waals surface area contributed by atoms with Crippen LogP contribution < -0.4 is 16.6 Å². The summed E-state index contributed by atoms with van der Waals surface area (Å²) in [5, 5.41) is 17.8. The number of para-hydroxylation sites is 1. The number of aromatic nitrogens is 5. The molecule has 0 aliphatic carbocycles. The van der Waals surface area contributed by atoms with Crippen LogP contribution in [0.3, 0.4) is 0 Å². The van der Waals surface area contributed by atoms with Gasteiger partial charge in [-0.15, -0.1) is 0 Å². The highest BCUT2D eigenvalue weighted by Crippen LogP contribution is 2.28. The van der Waals surface area contributed by atoms with Gasteiger partial charge in [-0.1, -0.05) is 30.3 Å². The predicted octanol–water partition coefficient (Wildman–Crippen LogP) is 3.03. The molecule has 0 bridgehead atoms. The number of anilines is 2. The topological polar surface area (TPSA) is 99.0 Å². The van der Waals surface area contributed by atoms with Crippen molar-refractivity contribution in [3.8, 4) is 5.69 Å². The number of nitrogens with one attached hydrogen (secondary N) is 1. The number of aliphatic hydroxyl groups is 1. The van der Waals surface area contributed by atoms with E-state index < -0.39 is 17.3 Å². The Labute approximate surface area is 201 Å². The normalized spacial score (nSPS) is 12.2. The van der Waals surface area contributed by atoms with Gasteiger partial charge in [0, 0.05) is 37.9 Å². The van der Waals surface area contributed by atoms with Crippen LogP contribution in [0.25, 0.3) is 16.6 Å². The fourth-order valence-corrected chi connectivity index (χ4v) is 4.25. The Morgan fingerprint density at radius 3 is 2.43 bits per heavy atom. The van der Waals surface area contributed by atoms with Crippen LogP contribution in [0.1, 0.15) is 18.5 Å². The molecule has 0 saturated heterocycles. The van der Waals surface area contributed by atoms with E-state index >= 15 is 0 Å². The maximum absolute atomic E-state index is 13.3. The minimum Gasteiger partial charge on any atom is -0.394 e. The lowest BCUT2D eigenvalue weighted by Crippen LogP contribution is -2.39. The van der Waals surface area contributed by atoms with E-state index in [1.807, 2.05) is 71.4 Å². The number of hydrogen-bond acceptors (Lipinski definition) is 5. The first kappa shape index (κ1) is 22.4. The van der Waals surface area contributed by atoms with Crippen molar-refractivity contribution in [3.05, 3.63) is 106 Å². The first-order valence-corrected chi connectivity index (χ1v) is 11.3. The highest BCUT2D eigenvalue weighted by atomic mass is 16.3. The monoisotopic (exact) mass is 470 g/mol. The highest BCUT2D eigenvalue weighted by Gasteiger charge is 2.22. The van der Waals surface area contributed by atoms with E-state index in [0.717, 1.165) is 21.5 Å². The second-order valence-electron chi connectivity index (χ2n) is 8.52. The molecule has 1 unspecified atom stereocenters. The van der Waals surface area contributed by atoms with E-state index in [-0.39, 0.29) is 6.61 Å². The quantitative estimate of drug-likeness (QED) is 0.381. The molecule has 35 heavy (non-hydrogen) atoms. The van der Waals surface area contributed by atoms with Crippen molar-refractivity contribution in [2.45, 2.75) is 19.5 Å². The van der Waals surface area contributed by atoms with Crippen molar-refractivity contribution in [1.29, 1.82) is 0 Å². The van der Waals surface area contributed by atoms with E-state index in [0.29, 0.717) is 23.3 Å². The van der Waals surface area contributed by atoms with E-state index in [1.54, 1.807) is 24.0 Å². The number of fused-ring (bicyclic) bond motifs is 1. The predicted molar refractivity (Wildman–Crippen MR) is 136 cm³/mol. The zero-order chi connectivity index (χ0) is 24.5. The van der Waals surface area contributed by atoms with Crippen LogP contribution in [0.4, 0.5) is 11.5 Å². The lowest BCUT2D eigenvalue weighted by Gasteiger charge is -2.15. The van der Waals surface area contributed by atoms with Crippen LogP contribution in [0, 0.1) is 0 Å². The molecule has 2 aromatic carbocycles. The van der Waals surface area contributed by atoms with Gasteiger partial charge < -0.3 is 15.0 Å². The largest absolute Gasteiger partial charge is 0.394 e. The molecule has 5 aromatic rings. The van der Waals surface area contributed by atoms with Gasteiger partial charge in [-0.05, 0) is 42.8 Å². The molecule has 2 N–H and O–H groups in total. The van der Waals surface area contributed by atoms with Gasteiger partial charge in [0.2, 0.25) is 0 Å². The summed E-state index contributed by atoms with van der Waals surface area (Å²) in [6, 6.07) is 18.9. The Balaban J connectivity index is 1.67. The smallest absolute Gasteiger partial charge is 0.331 e. The number of rotatable bonds is 7. The molecule has 0 spiro atoms. The highest BCUT2D eigenvalue weighted by molar-refractivity contribution is 5.92. The third kappa shape index (κ3) is 4.06. The summed E-state index contributed by atoms with van der Waals surface area (Å²) in [6.45, 7) is 1.99. The Kier molecular flexibility index (Phi) is 5.84. The van der Waals surface area contributed by atoms with E-state index in [2.05, 4.69) is 10.4 Å². The van der Waals surface area contributed by atoms with Gasteiger partial charge in [0.1, 0.15) is 11.2 Å². The number of hydrogen-bond donors (Lipinski definition) is 2. The van der Waals surface area contributed by atoms with Crippen molar-refractivity contribution in [2.24, 2.45) is 7.05 Å². The molecular weight excluding hydrogens is 444 g/mol. The van der Waals surface area contributed by atoms with Crippen molar-refractivity contribution in [3.63, 3.8) is 0 Å². The molecule has 0 aliphatic heterocycles. The molecule has 5 rings (SSSR count). The lowest BCUT2D eigenvalue weighted by atomic mass is 10.2. The molecule has 0 aliphatic rings. The van der Waals surface area contributed by atoms with E-state index in [1.165, 1.54) is 11.6 Å². The summed E-state index contributed by atoms with van der Waals surface area (Å²) < 4.78 is 6.29. The molecule has 3 heterocycles. The first-order chi connectivity index (χ1) is 17.0. The summed E-state index contributed by atoms with van der Waals surface area (Å²) in [5.74, 6) is 0.585. The van der Waals surface area contributed by atoms with Crippen molar-refractivity contribution in [1.82, 2.24) is 23.5 Å². The van der Waals surface area contributed by atoms with E-state index in [4.69, 9.17) is 0 Å². The van der Waals surface area contributed by atoms with E-state index in [9.17, 15) is 14.7 Å². The number of nitrogens with zero attached hydrogens (tertiary/aromatic N) is 5. The summed E-state index contributed by atoms with van der Waals surface area (Å²) >= 11 is 0. The van der Waals surface area contributed by atoms with Gasteiger partial charge >= 0.3 is 5.69 Å². The Morgan fingerprint density at radius 2 is 1.77 bits per heavy atom. The van der Waals surface area contributed by atoms with Crippen molar-refractivity contribution < 1.29 is 5.11 Å². The molecule has 178 valence electrons. The van der Waals surface area contributed by atoms with Gasteiger partial charge in [0.15, 0.2) is 0 Å². The van der Waals surface area contributed by atoms with Crippen LogP contribution >= 0.6 is 0 Å². The maximum atomic E-state index is 13.3. The maximum Gasteiger partial charge on any atom is 0.331 e. The molecule has 0 fully saturated rings. The van der Waals surface area contributed by atoms with Gasteiger partial charge in [-0.2, -0.15) is 5.10 Å². The standard InChI is InChI=1S/C26H26N6O3/c1-18(17-33)32-22-16-30(15-19-9-11-21(12-10-19)31-14-6-13-27-31)24(28-20-7-4-3-5-8-20)23(22)25(34)29(2)26(32)35/h3-14,16,18,28,33H,15,17H2,1-2H3. The average molecular weight is 471 g/mol. The molecular formula is C26H26N6O3. The summed E-state index contributed by atoms with van der Waals surface area (Å²) in [5.41, 5.74) is 2.40. The fourth-order valence-electron chi connectivity index (χ4n) is 4.25. The Morgan fingerprint density at radius 1 is 1.03 bits per heavy atom. The average Bonchev–Trinajstić information content (AvgIpc) is 3.53. The van der Waals surface area contributed by atoms with Crippen LogP contribution in [-0.2, 0) is 13.6 Å². The van der Waals surface area contributed by atoms with Gasteiger partial charge in [0.05, 0.1) is 23.9 Å². The zero-order valence-corrected chi connectivity index (χ0v) is 19.5. The van der Waals surface area contributed by atoms with Crippen LogP contribution in [-0.4, -0.2) is 35.2 Å². The third-order valence-electron chi connectivity index (χ3n) is 6.13. The fraction of sp³-hybridized carbons (Fsp3) is 0.192. The second kappa shape index (κ2) is 9.11. The van der Waals surface area contributed by atoms with Gasteiger partial charge in [-0.3, -0.25) is 13.9 Å². The minimum atomic E-state index is -0.495. The summed E-state index contributed by atoms with van der Waals surface area (Å²) in [4.78, 5) is 26.3. The second-order valence-corrected chi connectivity index (χ2v) is 8.52. The Bertz CT molecular complexity index is 1580. The van der Waals surface area contributed by atoms with Crippen LogP contribution in [0.5, 0.6) is 0 Å². The first-order valence-electron chi connectivity index (χ1n) is 11.3. The summed E-state index contributed by atoms with van der Waals surface area (Å²) in [7, 11) is 1.46. The lowest BCUT2D eigenvalue weighted by molar-refractivity contribution is 0.237. The molecule has 0 saturated carbocycles. The van der Waals surface area contributed by atoms with Crippen molar-refractivity contribution in [2.75, 3.05) is 11.9 Å².